The highest BCUT2D eigenvalue weighted by molar-refractivity contribution is 5.47. The smallest absolute Gasteiger partial charge is 0.185 e. The molecule has 0 aliphatic heterocycles. The second kappa shape index (κ2) is 10.9. The molecule has 5 nitrogen and oxygen atoms in total. The van der Waals surface area contributed by atoms with Crippen molar-refractivity contribution < 1.29 is 23.7 Å². The Hall–Kier alpha value is -2.15. The molecule has 148 valence electrons. The van der Waals surface area contributed by atoms with E-state index >= 15 is 0 Å². The van der Waals surface area contributed by atoms with Gasteiger partial charge in [-0.2, -0.15) is 0 Å². The van der Waals surface area contributed by atoms with Crippen LogP contribution in [0.4, 0.5) is 10.1 Å². The van der Waals surface area contributed by atoms with Crippen LogP contribution >= 0.6 is 0 Å². The predicted octanol–water partition coefficient (Wildman–Crippen LogP) is 3.60. The Morgan fingerprint density at radius 2 is 1.70 bits per heavy atom. The fraction of sp³-hybridized carbons (Fsp3) is 0.429. The first-order chi connectivity index (χ1) is 13.1. The molecule has 2 aromatic rings. The number of para-hydroxylation sites is 1. The van der Waals surface area contributed by atoms with E-state index in [1.54, 1.807) is 6.07 Å². The zero-order chi connectivity index (χ0) is 19.6. The van der Waals surface area contributed by atoms with Gasteiger partial charge in [-0.15, -0.1) is 0 Å². The lowest BCUT2D eigenvalue weighted by atomic mass is 10.1. The third kappa shape index (κ3) is 6.20. The number of anilines is 1. The molecule has 27 heavy (non-hydrogen) atoms. The van der Waals surface area contributed by atoms with Gasteiger partial charge >= 0.3 is 0 Å². The maximum absolute atomic E-state index is 14.1. The molecule has 0 bridgehead atoms. The molecular weight excluding hydrogens is 349 g/mol. The van der Waals surface area contributed by atoms with E-state index in [0.29, 0.717) is 19.8 Å². The molecule has 0 aliphatic rings. The van der Waals surface area contributed by atoms with E-state index in [-0.39, 0.29) is 12.3 Å². The summed E-state index contributed by atoms with van der Waals surface area (Å²) in [6.45, 7) is 5.30. The molecule has 2 rings (SSSR count). The SMILES string of the molecule is CCOC(OCC)C(O)CN(Cc1ccc(OC)c(F)c1)c1ccccc1. The van der Waals surface area contributed by atoms with Gasteiger partial charge in [-0.05, 0) is 43.7 Å². The van der Waals surface area contributed by atoms with Crippen molar-refractivity contribution in [1.29, 1.82) is 0 Å². The van der Waals surface area contributed by atoms with Gasteiger partial charge in [0.05, 0.1) is 7.11 Å². The number of halogens is 1. The van der Waals surface area contributed by atoms with Crippen molar-refractivity contribution in [3.63, 3.8) is 0 Å². The number of aliphatic hydroxyl groups is 1. The van der Waals surface area contributed by atoms with Crippen LogP contribution < -0.4 is 9.64 Å². The Kier molecular flexibility index (Phi) is 8.51. The molecule has 0 heterocycles. The largest absolute Gasteiger partial charge is 0.494 e. The van der Waals surface area contributed by atoms with Crippen molar-refractivity contribution in [2.75, 3.05) is 31.8 Å². The lowest BCUT2D eigenvalue weighted by Crippen LogP contribution is -2.41. The van der Waals surface area contributed by atoms with Crippen molar-refractivity contribution in [3.8, 4) is 5.75 Å². The van der Waals surface area contributed by atoms with Gasteiger partial charge in [-0.3, -0.25) is 0 Å². The van der Waals surface area contributed by atoms with Crippen LogP contribution in [0.2, 0.25) is 0 Å². The Labute approximate surface area is 160 Å². The molecule has 1 atom stereocenters. The normalized spacial score (nSPS) is 12.2. The summed E-state index contributed by atoms with van der Waals surface area (Å²) in [4.78, 5) is 1.97. The van der Waals surface area contributed by atoms with Gasteiger partial charge in [0.25, 0.3) is 0 Å². The van der Waals surface area contributed by atoms with Crippen molar-refractivity contribution in [2.45, 2.75) is 32.8 Å². The zero-order valence-electron chi connectivity index (χ0n) is 16.1. The molecule has 0 radical (unpaired) electrons. The molecule has 1 N–H and O–H groups in total. The molecule has 0 aliphatic carbocycles. The average Bonchev–Trinajstić information content (AvgIpc) is 2.68. The van der Waals surface area contributed by atoms with E-state index in [2.05, 4.69) is 0 Å². The number of methoxy groups -OCH3 is 1. The maximum atomic E-state index is 14.1. The summed E-state index contributed by atoms with van der Waals surface area (Å²) in [6.07, 6.45) is -1.56. The summed E-state index contributed by atoms with van der Waals surface area (Å²) >= 11 is 0. The minimum Gasteiger partial charge on any atom is -0.494 e. The van der Waals surface area contributed by atoms with Gasteiger partial charge in [0.15, 0.2) is 17.9 Å². The van der Waals surface area contributed by atoms with Gasteiger partial charge in [-0.1, -0.05) is 24.3 Å². The molecule has 0 saturated carbocycles. The summed E-state index contributed by atoms with van der Waals surface area (Å²) in [5.74, 6) is -0.206. The van der Waals surface area contributed by atoms with Crippen molar-refractivity contribution in [2.24, 2.45) is 0 Å². The molecule has 6 heteroatoms. The fourth-order valence-corrected chi connectivity index (χ4v) is 2.84. The Balaban J connectivity index is 2.20. The quantitative estimate of drug-likeness (QED) is 0.607. The van der Waals surface area contributed by atoms with E-state index < -0.39 is 18.2 Å². The fourth-order valence-electron chi connectivity index (χ4n) is 2.84. The van der Waals surface area contributed by atoms with Gasteiger partial charge in [0.1, 0.15) is 6.10 Å². The number of nitrogens with zero attached hydrogens (tertiary/aromatic N) is 1. The van der Waals surface area contributed by atoms with E-state index in [1.165, 1.54) is 13.2 Å². The summed E-state index contributed by atoms with van der Waals surface area (Å²) in [5, 5.41) is 10.6. The molecule has 0 aromatic heterocycles. The molecule has 0 spiro atoms. The third-order valence-corrected chi connectivity index (χ3v) is 4.09. The number of benzene rings is 2. The zero-order valence-corrected chi connectivity index (χ0v) is 16.1. The Bertz CT molecular complexity index is 677. The third-order valence-electron chi connectivity index (χ3n) is 4.09. The first-order valence-electron chi connectivity index (χ1n) is 9.12. The van der Waals surface area contributed by atoms with Crippen LogP contribution in [0, 0.1) is 5.82 Å². The van der Waals surface area contributed by atoms with Crippen LogP contribution in [0.3, 0.4) is 0 Å². The van der Waals surface area contributed by atoms with Crippen molar-refractivity contribution in [1.82, 2.24) is 0 Å². The number of rotatable bonds is 11. The molecule has 0 fully saturated rings. The van der Waals surface area contributed by atoms with Crippen LogP contribution in [-0.2, 0) is 16.0 Å². The van der Waals surface area contributed by atoms with Crippen LogP contribution in [-0.4, -0.2) is 44.4 Å². The van der Waals surface area contributed by atoms with Gasteiger partial charge in [-0.25, -0.2) is 4.39 Å². The van der Waals surface area contributed by atoms with Crippen LogP contribution in [0.25, 0.3) is 0 Å². The summed E-state index contributed by atoms with van der Waals surface area (Å²) in [5.41, 5.74) is 1.69. The highest BCUT2D eigenvalue weighted by Crippen LogP contribution is 2.22. The molecule has 0 saturated heterocycles. The average molecular weight is 377 g/mol. The Morgan fingerprint density at radius 3 is 2.26 bits per heavy atom. The van der Waals surface area contributed by atoms with Gasteiger partial charge < -0.3 is 24.2 Å². The van der Waals surface area contributed by atoms with E-state index in [0.717, 1.165) is 11.3 Å². The number of ether oxygens (including phenoxy) is 3. The number of hydrogen-bond acceptors (Lipinski definition) is 5. The minimum atomic E-state index is -0.854. The lowest BCUT2D eigenvalue weighted by Gasteiger charge is -2.31. The topological polar surface area (TPSA) is 51.2 Å². The standard InChI is InChI=1S/C21H28FNO4/c1-4-26-21(27-5-2)19(24)15-23(17-9-7-6-8-10-17)14-16-11-12-20(25-3)18(22)13-16/h6-13,19,21,24H,4-5,14-15H2,1-3H3. The second-order valence-electron chi connectivity index (χ2n) is 6.03. The molecule has 2 aromatic carbocycles. The highest BCUT2D eigenvalue weighted by Gasteiger charge is 2.23. The van der Waals surface area contributed by atoms with Crippen molar-refractivity contribution in [3.05, 3.63) is 59.9 Å². The summed E-state index contributed by atoms with van der Waals surface area (Å²) < 4.78 is 30.0. The van der Waals surface area contributed by atoms with Crippen LogP contribution in [0.5, 0.6) is 5.75 Å². The van der Waals surface area contributed by atoms with Gasteiger partial charge in [0, 0.05) is 32.0 Å². The second-order valence-corrected chi connectivity index (χ2v) is 6.03. The van der Waals surface area contributed by atoms with E-state index in [1.807, 2.05) is 55.1 Å². The minimum absolute atomic E-state index is 0.206. The van der Waals surface area contributed by atoms with Crippen molar-refractivity contribution >= 4 is 5.69 Å². The monoisotopic (exact) mass is 377 g/mol. The van der Waals surface area contributed by atoms with E-state index in [4.69, 9.17) is 14.2 Å². The Morgan fingerprint density at radius 1 is 1.04 bits per heavy atom. The summed E-state index contributed by atoms with van der Waals surface area (Å²) in [7, 11) is 1.44. The van der Waals surface area contributed by atoms with Crippen LogP contribution in [0.15, 0.2) is 48.5 Å². The molecular formula is C21H28FNO4. The molecule has 1 unspecified atom stereocenters. The number of aliphatic hydroxyl groups excluding tert-OH is 1. The lowest BCUT2D eigenvalue weighted by molar-refractivity contribution is -0.186. The van der Waals surface area contributed by atoms with Gasteiger partial charge in [0.2, 0.25) is 0 Å². The maximum Gasteiger partial charge on any atom is 0.185 e. The first kappa shape index (κ1) is 21.2. The number of hydrogen-bond donors (Lipinski definition) is 1. The molecule has 0 amide bonds. The summed E-state index contributed by atoms with van der Waals surface area (Å²) in [6, 6.07) is 14.5. The predicted molar refractivity (Wildman–Crippen MR) is 103 cm³/mol. The first-order valence-corrected chi connectivity index (χ1v) is 9.12. The van der Waals surface area contributed by atoms with E-state index in [9.17, 15) is 9.50 Å². The highest BCUT2D eigenvalue weighted by atomic mass is 19.1. The van der Waals surface area contributed by atoms with Crippen LogP contribution in [0.1, 0.15) is 19.4 Å².